The maximum Gasteiger partial charge on any atom is 0.324 e. The Bertz CT molecular complexity index is 615. The van der Waals surface area contributed by atoms with Crippen LogP contribution in [0.1, 0.15) is 33.3 Å². The number of hydrogen-bond acceptors (Lipinski definition) is 6. The first kappa shape index (κ1) is 19.8. The second-order valence-electron chi connectivity index (χ2n) is 6.43. The van der Waals surface area contributed by atoms with E-state index in [0.29, 0.717) is 5.56 Å². The Morgan fingerprint density at radius 1 is 1.17 bits per heavy atom. The Kier molecular flexibility index (Phi) is 6.20. The van der Waals surface area contributed by atoms with Crippen LogP contribution in [0.15, 0.2) is 18.2 Å². The highest BCUT2D eigenvalue weighted by Crippen LogP contribution is 2.30. The molecule has 0 heterocycles. The molecule has 1 aromatic carbocycles. The van der Waals surface area contributed by atoms with Gasteiger partial charge in [0.25, 0.3) is 0 Å². The number of carboxylic acid groups (broad SMARTS) is 1. The molecule has 0 aliphatic heterocycles. The van der Waals surface area contributed by atoms with Crippen molar-refractivity contribution in [1.82, 2.24) is 0 Å². The van der Waals surface area contributed by atoms with E-state index in [1.54, 1.807) is 27.7 Å². The molecule has 0 aliphatic rings. The fraction of sp³-hybridized carbons (Fsp3) is 0.529. The summed E-state index contributed by atoms with van der Waals surface area (Å²) in [5.74, 6) is -3.34. The average Bonchev–Trinajstić information content (AvgIpc) is 2.49. The van der Waals surface area contributed by atoms with Crippen LogP contribution in [0.25, 0.3) is 0 Å². The van der Waals surface area contributed by atoms with Crippen molar-refractivity contribution < 1.29 is 29.6 Å². The lowest BCUT2D eigenvalue weighted by atomic mass is 9.78. The van der Waals surface area contributed by atoms with E-state index >= 15 is 0 Å². The smallest absolute Gasteiger partial charge is 0.324 e. The number of hydrogen-bond donors (Lipinski definition) is 4. The van der Waals surface area contributed by atoms with Crippen LogP contribution in [0.3, 0.4) is 0 Å². The van der Waals surface area contributed by atoms with E-state index in [1.807, 2.05) is 0 Å². The second kappa shape index (κ2) is 7.53. The molecular formula is C17H25NO6. The summed E-state index contributed by atoms with van der Waals surface area (Å²) in [5.41, 5.74) is 4.86. The molecular weight excluding hydrogens is 314 g/mol. The molecule has 7 nitrogen and oxygen atoms in total. The third-order valence-corrected chi connectivity index (χ3v) is 4.22. The number of aromatic hydroxyl groups is 2. The largest absolute Gasteiger partial charge is 0.504 e. The highest BCUT2D eigenvalue weighted by Gasteiger charge is 2.43. The number of carbonyl (C=O) groups excluding carboxylic acids is 1. The van der Waals surface area contributed by atoms with Crippen molar-refractivity contribution in [1.29, 1.82) is 0 Å². The van der Waals surface area contributed by atoms with Gasteiger partial charge in [-0.25, -0.2) is 0 Å². The molecule has 0 saturated heterocycles. The highest BCUT2D eigenvalue weighted by molar-refractivity contribution is 5.80. The standard InChI is InChI=1S/C17H25NO6/c1-9(2)15(21)24-11(4)10(3)17(18,16(22)23)8-12-5-6-13(19)14(20)7-12/h5-7,9-11,19-20H,8,18H2,1-4H3,(H,22,23)/t10-,11-,17-/m1/s1. The molecule has 0 saturated carbocycles. The lowest BCUT2D eigenvalue weighted by Crippen LogP contribution is -2.58. The lowest BCUT2D eigenvalue weighted by molar-refractivity contribution is -0.160. The van der Waals surface area contributed by atoms with E-state index in [-0.39, 0.29) is 23.8 Å². The number of carbonyl (C=O) groups is 2. The van der Waals surface area contributed by atoms with Crippen LogP contribution in [-0.4, -0.2) is 38.9 Å². The molecule has 0 spiro atoms. The van der Waals surface area contributed by atoms with Crippen molar-refractivity contribution in [3.63, 3.8) is 0 Å². The van der Waals surface area contributed by atoms with Crippen molar-refractivity contribution >= 4 is 11.9 Å². The normalized spacial score (nSPS) is 16.2. The molecule has 7 heteroatoms. The molecule has 0 aliphatic carbocycles. The summed E-state index contributed by atoms with van der Waals surface area (Å²) in [5, 5.41) is 28.5. The Morgan fingerprint density at radius 2 is 1.75 bits per heavy atom. The summed E-state index contributed by atoms with van der Waals surface area (Å²) >= 11 is 0. The molecule has 0 bridgehead atoms. The Labute approximate surface area is 141 Å². The van der Waals surface area contributed by atoms with Gasteiger partial charge in [0.1, 0.15) is 11.6 Å². The summed E-state index contributed by atoms with van der Waals surface area (Å²) in [7, 11) is 0. The predicted octanol–water partition coefficient (Wildman–Crippen LogP) is 1.65. The summed E-state index contributed by atoms with van der Waals surface area (Å²) in [6, 6.07) is 4.01. The fourth-order valence-electron chi connectivity index (χ4n) is 2.29. The van der Waals surface area contributed by atoms with Gasteiger partial charge in [0.15, 0.2) is 11.5 Å². The van der Waals surface area contributed by atoms with Gasteiger partial charge in [-0.15, -0.1) is 0 Å². The summed E-state index contributed by atoms with van der Waals surface area (Å²) in [6.07, 6.45) is -0.798. The minimum atomic E-state index is -1.71. The Hall–Kier alpha value is -2.28. The quantitative estimate of drug-likeness (QED) is 0.439. The Balaban J connectivity index is 3.03. The van der Waals surface area contributed by atoms with Crippen LogP contribution < -0.4 is 5.73 Å². The minimum absolute atomic E-state index is 0.0963. The highest BCUT2D eigenvalue weighted by atomic mass is 16.5. The van der Waals surface area contributed by atoms with Gasteiger partial charge in [-0.3, -0.25) is 9.59 Å². The van der Waals surface area contributed by atoms with Crippen molar-refractivity contribution in [3.05, 3.63) is 23.8 Å². The zero-order valence-electron chi connectivity index (χ0n) is 14.3. The van der Waals surface area contributed by atoms with E-state index in [1.165, 1.54) is 18.2 Å². The number of aliphatic carboxylic acids is 1. The number of esters is 1. The number of phenols is 2. The number of carboxylic acids is 1. The van der Waals surface area contributed by atoms with E-state index in [2.05, 4.69) is 0 Å². The van der Waals surface area contributed by atoms with Crippen LogP contribution in [0.2, 0.25) is 0 Å². The minimum Gasteiger partial charge on any atom is -0.504 e. The summed E-state index contributed by atoms with van der Waals surface area (Å²) in [4.78, 5) is 23.5. The molecule has 0 unspecified atom stereocenters. The first-order valence-electron chi connectivity index (χ1n) is 7.72. The summed E-state index contributed by atoms with van der Waals surface area (Å²) in [6.45, 7) is 6.58. The number of rotatable bonds is 7. The molecule has 3 atom stereocenters. The molecule has 0 aromatic heterocycles. The molecule has 134 valence electrons. The van der Waals surface area contributed by atoms with Gasteiger partial charge < -0.3 is 25.8 Å². The second-order valence-corrected chi connectivity index (χ2v) is 6.43. The molecule has 1 aromatic rings. The van der Waals surface area contributed by atoms with Gasteiger partial charge in [-0.05, 0) is 24.6 Å². The molecule has 1 rings (SSSR count). The number of phenolic OH excluding ortho intramolecular Hbond substituents is 2. The van der Waals surface area contributed by atoms with Crippen LogP contribution >= 0.6 is 0 Å². The van der Waals surface area contributed by atoms with Gasteiger partial charge in [0.2, 0.25) is 0 Å². The van der Waals surface area contributed by atoms with Crippen LogP contribution in [0, 0.1) is 11.8 Å². The van der Waals surface area contributed by atoms with Gasteiger partial charge in [0.05, 0.1) is 5.92 Å². The van der Waals surface area contributed by atoms with Gasteiger partial charge in [-0.1, -0.05) is 26.8 Å². The van der Waals surface area contributed by atoms with E-state index < -0.39 is 29.5 Å². The third kappa shape index (κ3) is 4.38. The number of nitrogens with two attached hydrogens (primary N) is 1. The van der Waals surface area contributed by atoms with Gasteiger partial charge >= 0.3 is 11.9 Å². The van der Waals surface area contributed by atoms with Gasteiger partial charge in [-0.2, -0.15) is 0 Å². The lowest BCUT2D eigenvalue weighted by Gasteiger charge is -2.35. The molecule has 5 N–H and O–H groups in total. The average molecular weight is 339 g/mol. The van der Waals surface area contributed by atoms with Crippen molar-refractivity contribution in [2.75, 3.05) is 0 Å². The number of ether oxygens (including phenoxy) is 1. The molecule has 0 radical (unpaired) electrons. The van der Waals surface area contributed by atoms with Crippen LogP contribution in [0.5, 0.6) is 11.5 Å². The summed E-state index contributed by atoms with van der Waals surface area (Å²) < 4.78 is 5.28. The zero-order chi connectivity index (χ0) is 18.7. The molecule has 0 amide bonds. The third-order valence-electron chi connectivity index (χ3n) is 4.22. The Morgan fingerprint density at radius 3 is 2.21 bits per heavy atom. The maximum atomic E-state index is 11.8. The first-order valence-corrected chi connectivity index (χ1v) is 7.72. The predicted molar refractivity (Wildman–Crippen MR) is 87.6 cm³/mol. The van der Waals surface area contributed by atoms with Crippen LogP contribution in [-0.2, 0) is 20.7 Å². The van der Waals surface area contributed by atoms with Crippen molar-refractivity contribution in [2.45, 2.75) is 45.8 Å². The molecule has 24 heavy (non-hydrogen) atoms. The number of benzene rings is 1. The SMILES string of the molecule is CC(C)C(=O)O[C@H](C)[C@@H](C)[C@](N)(Cc1ccc(O)c(O)c1)C(=O)O. The topological polar surface area (TPSA) is 130 Å². The van der Waals surface area contributed by atoms with Gasteiger partial charge in [0, 0.05) is 12.3 Å². The maximum absolute atomic E-state index is 11.8. The first-order chi connectivity index (χ1) is 11.0. The monoisotopic (exact) mass is 339 g/mol. The van der Waals surface area contributed by atoms with Crippen LogP contribution in [0.4, 0.5) is 0 Å². The van der Waals surface area contributed by atoms with Crippen molar-refractivity contribution in [2.24, 2.45) is 17.6 Å². The van der Waals surface area contributed by atoms with Crippen molar-refractivity contribution in [3.8, 4) is 11.5 Å². The van der Waals surface area contributed by atoms with E-state index in [4.69, 9.17) is 10.5 Å². The fourth-order valence-corrected chi connectivity index (χ4v) is 2.29. The molecule has 0 fully saturated rings. The zero-order valence-corrected chi connectivity index (χ0v) is 14.3. The van der Waals surface area contributed by atoms with E-state index in [9.17, 15) is 24.9 Å². The van der Waals surface area contributed by atoms with E-state index in [0.717, 1.165) is 0 Å².